The Bertz CT molecular complexity index is 910. The molecule has 35 heavy (non-hydrogen) atoms. The minimum atomic E-state index is 0.171. The Morgan fingerprint density at radius 2 is 1.51 bits per heavy atom. The molecule has 1 amide bonds. The Labute approximate surface area is 210 Å². The van der Waals surface area contributed by atoms with Crippen LogP contribution in [0, 0.1) is 0 Å². The maximum Gasteiger partial charge on any atom is 0.222 e. The minimum Gasteiger partial charge on any atom is -0.493 e. The fourth-order valence-corrected chi connectivity index (χ4v) is 4.54. The maximum atomic E-state index is 12.3. The zero-order valence-electron chi connectivity index (χ0n) is 21.8. The zero-order valence-corrected chi connectivity index (χ0v) is 21.8. The molecule has 1 aliphatic rings. The Morgan fingerprint density at radius 3 is 2.11 bits per heavy atom. The molecule has 0 N–H and O–H groups in total. The third-order valence-corrected chi connectivity index (χ3v) is 6.59. The number of methoxy groups -OCH3 is 2. The Balaban J connectivity index is 1.60. The van der Waals surface area contributed by atoms with Crippen LogP contribution in [0.25, 0.3) is 0 Å². The number of ether oxygens (including phenoxy) is 3. The lowest BCUT2D eigenvalue weighted by Crippen LogP contribution is -2.45. The average molecular weight is 484 g/mol. The molecule has 3 rings (SSSR count). The van der Waals surface area contributed by atoms with Gasteiger partial charge in [-0.25, -0.2) is 0 Å². The van der Waals surface area contributed by atoms with Gasteiger partial charge >= 0.3 is 0 Å². The summed E-state index contributed by atoms with van der Waals surface area (Å²) in [5.74, 6) is 2.15. The Morgan fingerprint density at radius 1 is 0.857 bits per heavy atom. The lowest BCUT2D eigenvalue weighted by molar-refractivity contribution is -0.131. The van der Waals surface area contributed by atoms with E-state index in [0.29, 0.717) is 36.7 Å². The summed E-state index contributed by atoms with van der Waals surface area (Å²) in [6.07, 6.45) is 1.14. The fourth-order valence-electron chi connectivity index (χ4n) is 4.54. The van der Waals surface area contributed by atoms with Crippen molar-refractivity contribution in [1.29, 1.82) is 0 Å². The number of carbonyl (C=O) groups excluding carboxylic acids is 1. The largest absolute Gasteiger partial charge is 0.493 e. The van der Waals surface area contributed by atoms with E-state index in [2.05, 4.69) is 46.2 Å². The van der Waals surface area contributed by atoms with Crippen molar-refractivity contribution < 1.29 is 19.0 Å². The molecule has 0 aromatic heterocycles. The first-order chi connectivity index (χ1) is 17.1. The van der Waals surface area contributed by atoms with E-state index >= 15 is 0 Å². The second kappa shape index (κ2) is 14.0. The van der Waals surface area contributed by atoms with Gasteiger partial charge in [0, 0.05) is 64.3 Å². The van der Waals surface area contributed by atoms with Crippen LogP contribution < -0.4 is 14.2 Å². The molecule has 1 heterocycles. The van der Waals surface area contributed by atoms with Crippen molar-refractivity contribution in [2.75, 3.05) is 60.1 Å². The first kappa shape index (κ1) is 26.8. The van der Waals surface area contributed by atoms with Crippen LogP contribution >= 0.6 is 0 Å². The fraction of sp³-hybridized carbons (Fsp3) is 0.536. The molecule has 0 atom stereocenters. The van der Waals surface area contributed by atoms with E-state index in [9.17, 15) is 4.79 Å². The van der Waals surface area contributed by atoms with Gasteiger partial charge in [0.25, 0.3) is 0 Å². The van der Waals surface area contributed by atoms with Crippen LogP contribution in [0.5, 0.6) is 17.2 Å². The Hall–Kier alpha value is -2.77. The van der Waals surface area contributed by atoms with Crippen molar-refractivity contribution in [2.24, 2.45) is 0 Å². The SMILES string of the molecule is CCN(CC)C(=O)CCCOc1c(CN2CCN(Cc3ccccc3)CC2)ccc(OC)c1OC. The summed E-state index contributed by atoms with van der Waals surface area (Å²) in [5, 5.41) is 0. The van der Waals surface area contributed by atoms with Crippen LogP contribution in [-0.2, 0) is 17.9 Å². The van der Waals surface area contributed by atoms with Crippen molar-refractivity contribution in [3.8, 4) is 17.2 Å². The molecule has 1 fully saturated rings. The molecule has 7 nitrogen and oxygen atoms in total. The lowest BCUT2D eigenvalue weighted by atomic mass is 10.1. The number of nitrogens with zero attached hydrogens (tertiary/aromatic N) is 3. The number of piperazine rings is 1. The van der Waals surface area contributed by atoms with Gasteiger partial charge in [0.2, 0.25) is 11.7 Å². The van der Waals surface area contributed by atoms with E-state index in [1.807, 2.05) is 24.8 Å². The lowest BCUT2D eigenvalue weighted by Gasteiger charge is -2.35. The highest BCUT2D eigenvalue weighted by Gasteiger charge is 2.22. The molecule has 0 spiro atoms. The van der Waals surface area contributed by atoms with Gasteiger partial charge in [-0.15, -0.1) is 0 Å². The highest BCUT2D eigenvalue weighted by atomic mass is 16.5. The van der Waals surface area contributed by atoms with Crippen molar-refractivity contribution in [3.63, 3.8) is 0 Å². The van der Waals surface area contributed by atoms with Crippen LogP contribution in [0.2, 0.25) is 0 Å². The molecule has 7 heteroatoms. The molecule has 2 aromatic carbocycles. The van der Waals surface area contributed by atoms with Gasteiger partial charge in [-0.2, -0.15) is 0 Å². The van der Waals surface area contributed by atoms with E-state index in [-0.39, 0.29) is 5.91 Å². The number of hydrogen-bond donors (Lipinski definition) is 0. The molecule has 0 aliphatic carbocycles. The number of carbonyl (C=O) groups is 1. The molecule has 192 valence electrons. The predicted molar refractivity (Wildman–Crippen MR) is 139 cm³/mol. The number of rotatable bonds is 13. The van der Waals surface area contributed by atoms with Crippen molar-refractivity contribution in [2.45, 2.75) is 39.8 Å². The second-order valence-electron chi connectivity index (χ2n) is 8.85. The predicted octanol–water partition coefficient (Wildman–Crippen LogP) is 4.05. The van der Waals surface area contributed by atoms with E-state index in [1.54, 1.807) is 14.2 Å². The van der Waals surface area contributed by atoms with Gasteiger partial charge < -0.3 is 19.1 Å². The second-order valence-corrected chi connectivity index (χ2v) is 8.85. The monoisotopic (exact) mass is 483 g/mol. The smallest absolute Gasteiger partial charge is 0.222 e. The normalized spacial score (nSPS) is 14.5. The van der Waals surface area contributed by atoms with E-state index in [0.717, 1.165) is 57.9 Å². The van der Waals surface area contributed by atoms with Crippen LogP contribution in [0.3, 0.4) is 0 Å². The molecule has 0 unspecified atom stereocenters. The summed E-state index contributed by atoms with van der Waals surface area (Å²) in [7, 11) is 3.27. The molecule has 1 aliphatic heterocycles. The van der Waals surface area contributed by atoms with Gasteiger partial charge in [0.1, 0.15) is 0 Å². The summed E-state index contributed by atoms with van der Waals surface area (Å²) < 4.78 is 17.4. The summed E-state index contributed by atoms with van der Waals surface area (Å²) >= 11 is 0. The third-order valence-electron chi connectivity index (χ3n) is 6.59. The van der Waals surface area contributed by atoms with E-state index in [4.69, 9.17) is 14.2 Å². The minimum absolute atomic E-state index is 0.171. The third kappa shape index (κ3) is 7.61. The summed E-state index contributed by atoms with van der Waals surface area (Å²) in [4.78, 5) is 19.1. The van der Waals surface area contributed by atoms with E-state index < -0.39 is 0 Å². The van der Waals surface area contributed by atoms with Crippen molar-refractivity contribution in [1.82, 2.24) is 14.7 Å². The number of hydrogen-bond acceptors (Lipinski definition) is 6. The molecule has 0 radical (unpaired) electrons. The van der Waals surface area contributed by atoms with Gasteiger partial charge in [0.15, 0.2) is 11.5 Å². The first-order valence-electron chi connectivity index (χ1n) is 12.7. The number of amides is 1. The maximum absolute atomic E-state index is 12.3. The van der Waals surface area contributed by atoms with Crippen LogP contribution in [0.4, 0.5) is 0 Å². The van der Waals surface area contributed by atoms with Crippen LogP contribution in [-0.4, -0.2) is 80.7 Å². The average Bonchev–Trinajstić information content (AvgIpc) is 2.89. The van der Waals surface area contributed by atoms with Gasteiger partial charge in [0.05, 0.1) is 20.8 Å². The molecule has 2 aromatic rings. The number of benzene rings is 2. The van der Waals surface area contributed by atoms with Gasteiger partial charge in [-0.1, -0.05) is 36.4 Å². The Kier molecular flexibility index (Phi) is 10.7. The highest BCUT2D eigenvalue weighted by Crippen LogP contribution is 2.40. The van der Waals surface area contributed by atoms with Crippen LogP contribution in [0.1, 0.15) is 37.8 Å². The molecule has 0 saturated carbocycles. The molecule has 1 saturated heterocycles. The highest BCUT2D eigenvalue weighted by molar-refractivity contribution is 5.76. The topological polar surface area (TPSA) is 54.5 Å². The summed E-state index contributed by atoms with van der Waals surface area (Å²) in [6.45, 7) is 11.8. The zero-order chi connectivity index (χ0) is 25.0. The summed E-state index contributed by atoms with van der Waals surface area (Å²) in [6, 6.07) is 14.6. The molecule has 0 bridgehead atoms. The van der Waals surface area contributed by atoms with Crippen molar-refractivity contribution in [3.05, 3.63) is 53.6 Å². The molecular weight excluding hydrogens is 442 g/mol. The van der Waals surface area contributed by atoms with Crippen LogP contribution in [0.15, 0.2) is 42.5 Å². The summed E-state index contributed by atoms with van der Waals surface area (Å²) in [5.41, 5.74) is 2.44. The van der Waals surface area contributed by atoms with Crippen molar-refractivity contribution >= 4 is 5.91 Å². The standard InChI is InChI=1S/C28H41N3O4/c1-5-31(6-2)26(32)13-10-20-35-27-24(14-15-25(33-3)28(27)34-4)22-30-18-16-29(17-19-30)21-23-11-8-7-9-12-23/h7-9,11-12,14-15H,5-6,10,13,16-22H2,1-4H3. The van der Waals surface area contributed by atoms with Gasteiger partial charge in [-0.3, -0.25) is 14.6 Å². The quantitative estimate of drug-likeness (QED) is 0.401. The first-order valence-corrected chi connectivity index (χ1v) is 12.7. The molecular formula is C28H41N3O4. The van der Waals surface area contributed by atoms with E-state index in [1.165, 1.54) is 5.56 Å². The van der Waals surface area contributed by atoms with Gasteiger partial charge in [-0.05, 0) is 31.9 Å².